The van der Waals surface area contributed by atoms with Crippen molar-refractivity contribution in [2.45, 2.75) is 9.79 Å². The number of benzene rings is 4. The fourth-order valence-electron chi connectivity index (χ4n) is 3.67. The first-order valence-electron chi connectivity index (χ1n) is 12.2. The maximum Gasteiger partial charge on any atom is 0.362 e. The monoisotopic (exact) mass is 672 g/mol. The van der Waals surface area contributed by atoms with E-state index >= 15 is 0 Å². The molecule has 0 radical (unpaired) electrons. The number of hydrogen-bond donors (Lipinski definition) is 6. The first-order chi connectivity index (χ1) is 21.6. The summed E-state index contributed by atoms with van der Waals surface area (Å²) >= 11 is 0. The summed E-state index contributed by atoms with van der Waals surface area (Å²) < 4.78 is 60.5. The summed E-state index contributed by atoms with van der Waals surface area (Å²) in [4.78, 5) is 21.2. The van der Waals surface area contributed by atoms with Gasteiger partial charge in [-0.1, -0.05) is 12.1 Å². The number of aromatic hydroxyl groups is 2. The lowest BCUT2D eigenvalue weighted by atomic mass is 10.1. The number of carbonyl (C=O) groups is 2. The second kappa shape index (κ2) is 12.8. The van der Waals surface area contributed by atoms with Gasteiger partial charge in [0.15, 0.2) is 0 Å². The average Bonchev–Trinajstić information content (AvgIpc) is 2.98. The Morgan fingerprint density at radius 1 is 0.587 bits per heavy atom. The molecule has 0 aromatic heterocycles. The van der Waals surface area contributed by atoms with Crippen molar-refractivity contribution in [3.05, 3.63) is 83.9 Å². The van der Waals surface area contributed by atoms with Gasteiger partial charge in [-0.05, 0) is 71.8 Å². The van der Waals surface area contributed by atoms with Crippen LogP contribution < -0.4 is 11.5 Å². The highest BCUT2D eigenvalue weighted by molar-refractivity contribution is 7.87. The van der Waals surface area contributed by atoms with E-state index < -0.39 is 64.6 Å². The Balaban J connectivity index is 1.58. The zero-order chi connectivity index (χ0) is 33.8. The van der Waals surface area contributed by atoms with Crippen LogP contribution in [0, 0.1) is 0 Å². The highest BCUT2D eigenvalue weighted by atomic mass is 32.2. The molecular formula is C26H20N6O12S2. The molecule has 0 aliphatic carbocycles. The molecule has 238 valence electrons. The second-order valence-electron chi connectivity index (χ2n) is 8.94. The van der Waals surface area contributed by atoms with Crippen molar-refractivity contribution in [3.63, 3.8) is 0 Å². The number of aromatic carboxylic acids is 2. The molecule has 0 atom stereocenters. The van der Waals surface area contributed by atoms with Crippen LogP contribution in [0.5, 0.6) is 11.5 Å². The van der Waals surface area contributed by atoms with E-state index in [1.807, 2.05) is 0 Å². The predicted molar refractivity (Wildman–Crippen MR) is 156 cm³/mol. The minimum absolute atomic E-state index is 0.126. The quantitative estimate of drug-likeness (QED) is 0.0741. The average molecular weight is 673 g/mol. The first kappa shape index (κ1) is 32.6. The van der Waals surface area contributed by atoms with Gasteiger partial charge in [0.05, 0.1) is 22.7 Å². The maximum absolute atomic E-state index is 12.9. The van der Waals surface area contributed by atoms with E-state index in [9.17, 15) is 36.6 Å². The van der Waals surface area contributed by atoms with E-state index in [-0.39, 0.29) is 33.9 Å². The summed E-state index contributed by atoms with van der Waals surface area (Å²) in [5, 5.41) is 50.5. The summed E-state index contributed by atoms with van der Waals surface area (Å²) in [5.41, 5.74) is 10.0. The number of carboxylic acids is 2. The SMILES string of the molecule is Nc1ccc(-c2ccc(N)c(S(=O)(=O)ON=Nc3ccc(O)c(C(=O)O)c3)c2)cc1S(=O)(=O)ON=Nc1ccc(O)c(C(=O)O)c1. The van der Waals surface area contributed by atoms with Crippen LogP contribution in [0.15, 0.2) is 103 Å². The number of phenols is 2. The van der Waals surface area contributed by atoms with E-state index in [0.29, 0.717) is 0 Å². The van der Waals surface area contributed by atoms with Crippen molar-refractivity contribution in [1.82, 2.24) is 0 Å². The van der Waals surface area contributed by atoms with Crippen LogP contribution in [0.2, 0.25) is 0 Å². The number of rotatable bonds is 11. The Hall–Kier alpha value is -6.28. The van der Waals surface area contributed by atoms with Gasteiger partial charge in [-0.25, -0.2) is 18.2 Å². The molecule has 0 unspecified atom stereocenters. The smallest absolute Gasteiger partial charge is 0.362 e. The van der Waals surface area contributed by atoms with Crippen molar-refractivity contribution in [1.29, 1.82) is 0 Å². The fraction of sp³-hybridized carbons (Fsp3) is 0. The highest BCUT2D eigenvalue weighted by Gasteiger charge is 2.24. The van der Waals surface area contributed by atoms with Crippen molar-refractivity contribution in [2.24, 2.45) is 20.8 Å². The summed E-state index contributed by atoms with van der Waals surface area (Å²) in [7, 11) is -9.44. The van der Waals surface area contributed by atoms with Crippen LogP contribution in [0.3, 0.4) is 0 Å². The molecule has 0 saturated carbocycles. The van der Waals surface area contributed by atoms with E-state index in [1.165, 1.54) is 24.3 Å². The number of hydrogen-bond acceptors (Lipinski definition) is 16. The number of carboxylic acid groups (broad SMARTS) is 2. The zero-order valence-electron chi connectivity index (χ0n) is 22.7. The van der Waals surface area contributed by atoms with Gasteiger partial charge in [0.2, 0.25) is 0 Å². The molecule has 18 nitrogen and oxygen atoms in total. The van der Waals surface area contributed by atoms with Crippen LogP contribution in [0.4, 0.5) is 22.7 Å². The van der Waals surface area contributed by atoms with Gasteiger partial charge in [-0.3, -0.25) is 0 Å². The molecule has 46 heavy (non-hydrogen) atoms. The van der Waals surface area contributed by atoms with Gasteiger partial charge in [0.25, 0.3) is 0 Å². The third kappa shape index (κ3) is 7.26. The van der Waals surface area contributed by atoms with Crippen molar-refractivity contribution >= 4 is 54.9 Å². The molecule has 0 spiro atoms. The lowest BCUT2D eigenvalue weighted by Gasteiger charge is -2.10. The normalized spacial score (nSPS) is 11.9. The van der Waals surface area contributed by atoms with E-state index in [1.54, 1.807) is 0 Å². The van der Waals surface area contributed by atoms with Gasteiger partial charge in [0, 0.05) is 10.6 Å². The minimum Gasteiger partial charge on any atom is -0.507 e. The van der Waals surface area contributed by atoms with Crippen LogP contribution in [-0.4, -0.2) is 49.2 Å². The predicted octanol–water partition coefficient (Wildman–Crippen LogP) is 4.13. The molecule has 0 heterocycles. The van der Waals surface area contributed by atoms with Crippen molar-refractivity contribution < 1.29 is 55.4 Å². The molecule has 4 aromatic rings. The van der Waals surface area contributed by atoms with Gasteiger partial charge in [0.1, 0.15) is 32.4 Å². The van der Waals surface area contributed by atoms with Crippen LogP contribution in [0.25, 0.3) is 11.1 Å². The van der Waals surface area contributed by atoms with Crippen molar-refractivity contribution in [3.8, 4) is 22.6 Å². The number of nitrogens with zero attached hydrogens (tertiary/aromatic N) is 4. The molecule has 0 aliphatic rings. The molecule has 4 aromatic carbocycles. The Labute approximate surface area is 258 Å². The lowest BCUT2D eigenvalue weighted by molar-refractivity contribution is 0.0682. The molecule has 8 N–H and O–H groups in total. The third-order valence-electron chi connectivity index (χ3n) is 5.90. The Kier molecular flexibility index (Phi) is 9.05. The molecule has 20 heteroatoms. The maximum atomic E-state index is 12.9. The lowest BCUT2D eigenvalue weighted by Crippen LogP contribution is -2.07. The summed E-state index contributed by atoms with van der Waals surface area (Å²) in [6.45, 7) is 0. The van der Waals surface area contributed by atoms with E-state index in [0.717, 1.165) is 48.5 Å². The molecule has 4 rings (SSSR count). The fourth-order valence-corrected chi connectivity index (χ4v) is 5.33. The molecule has 0 amide bonds. The van der Waals surface area contributed by atoms with Crippen LogP contribution >= 0.6 is 0 Å². The summed E-state index contributed by atoms with van der Waals surface area (Å²) in [5.74, 6) is -4.03. The third-order valence-corrected chi connectivity index (χ3v) is 8.21. The van der Waals surface area contributed by atoms with E-state index in [4.69, 9.17) is 21.7 Å². The number of nitrogens with two attached hydrogens (primary N) is 2. The highest BCUT2D eigenvalue weighted by Crippen LogP contribution is 2.33. The zero-order valence-corrected chi connectivity index (χ0v) is 24.4. The van der Waals surface area contributed by atoms with Crippen LogP contribution in [-0.2, 0) is 28.8 Å². The molecule has 0 bridgehead atoms. The Bertz CT molecular complexity index is 2000. The second-order valence-corrected chi connectivity index (χ2v) is 11.9. The number of anilines is 2. The molecular weight excluding hydrogens is 652 g/mol. The minimum atomic E-state index is -4.72. The Morgan fingerprint density at radius 3 is 1.30 bits per heavy atom. The van der Waals surface area contributed by atoms with Gasteiger partial charge < -0.3 is 31.9 Å². The van der Waals surface area contributed by atoms with Crippen LogP contribution in [0.1, 0.15) is 20.7 Å². The Morgan fingerprint density at radius 2 is 0.957 bits per heavy atom. The molecule has 0 fully saturated rings. The number of nitrogen functional groups attached to an aromatic ring is 2. The van der Waals surface area contributed by atoms with Gasteiger partial charge >= 0.3 is 32.2 Å². The first-order valence-corrected chi connectivity index (χ1v) is 15.0. The summed E-state index contributed by atoms with van der Waals surface area (Å²) in [6.07, 6.45) is 0. The molecule has 0 aliphatic heterocycles. The van der Waals surface area contributed by atoms with E-state index in [2.05, 4.69) is 29.4 Å². The summed E-state index contributed by atoms with van der Waals surface area (Å²) in [6, 6.07) is 13.4. The van der Waals surface area contributed by atoms with Crippen molar-refractivity contribution in [2.75, 3.05) is 11.5 Å². The van der Waals surface area contributed by atoms with Gasteiger partial charge in [-0.15, -0.1) is 10.2 Å². The molecule has 0 saturated heterocycles. The standard InChI is InChI=1S/C26H20N6O12S2/c27-19-5-1-13(9-23(19)45(39,40)43-31-29-15-3-7-21(33)17(11-15)25(35)36)14-2-6-20(28)24(10-14)46(41,42)44-32-30-16-4-8-22(34)18(12-16)26(37)38/h1-12,33-34H,27-28H2,(H,35,36)(H,37,38). The largest absolute Gasteiger partial charge is 0.507 e. The van der Waals surface area contributed by atoms with Gasteiger partial charge in [-0.2, -0.15) is 16.8 Å². The topological polar surface area (TPSA) is 303 Å².